The third-order valence-electron chi connectivity index (χ3n) is 2.95. The number of thiazole rings is 1. The van der Waals surface area contributed by atoms with Gasteiger partial charge in [-0.25, -0.2) is 4.98 Å². The lowest BCUT2D eigenvalue weighted by atomic mass is 10.3. The summed E-state index contributed by atoms with van der Waals surface area (Å²) in [4.78, 5) is 10.1. The first-order valence-corrected chi connectivity index (χ1v) is 8.06. The molecule has 19 heavy (non-hydrogen) atoms. The maximum absolute atomic E-state index is 4.44. The molecule has 3 aromatic rings. The van der Waals surface area contributed by atoms with Gasteiger partial charge in [0.25, 0.3) is 0 Å². The number of nitrogens with one attached hydrogen (secondary N) is 1. The lowest BCUT2D eigenvalue weighted by Crippen LogP contribution is -2.04. The third-order valence-corrected chi connectivity index (χ3v) is 5.09. The van der Waals surface area contributed by atoms with Crippen LogP contribution in [0.3, 0.4) is 0 Å². The molecular weight excluding hydrogens is 274 g/mol. The molecule has 0 amide bonds. The maximum atomic E-state index is 4.44. The molecule has 0 bridgehead atoms. The molecule has 0 aromatic carbocycles. The highest BCUT2D eigenvalue weighted by molar-refractivity contribution is 7.17. The minimum atomic E-state index is 0.910. The number of aromatic nitrogens is 2. The van der Waals surface area contributed by atoms with Crippen LogP contribution in [0, 0.1) is 0 Å². The third kappa shape index (κ3) is 2.77. The highest BCUT2D eigenvalue weighted by Crippen LogP contribution is 2.26. The van der Waals surface area contributed by atoms with Crippen LogP contribution < -0.4 is 5.32 Å². The van der Waals surface area contributed by atoms with Gasteiger partial charge in [0.15, 0.2) is 0 Å². The van der Waals surface area contributed by atoms with E-state index in [0.717, 1.165) is 24.9 Å². The van der Waals surface area contributed by atoms with Crippen molar-refractivity contribution in [3.8, 4) is 0 Å². The summed E-state index contributed by atoms with van der Waals surface area (Å²) in [6.45, 7) is 3.08. The molecule has 0 aliphatic carbocycles. The van der Waals surface area contributed by atoms with Crippen molar-refractivity contribution >= 4 is 38.6 Å². The largest absolute Gasteiger partial charge is 0.383 e. The molecule has 0 saturated carbocycles. The molecule has 3 aromatic heterocycles. The van der Waals surface area contributed by atoms with Crippen LogP contribution in [-0.2, 0) is 12.8 Å². The number of fused-ring (bicyclic) bond motifs is 1. The highest BCUT2D eigenvalue weighted by Gasteiger charge is 2.04. The van der Waals surface area contributed by atoms with Gasteiger partial charge in [-0.3, -0.25) is 4.98 Å². The standard InChI is InChI=1S/C14H15N3S2/c1-2-10-9-17-13(19-10)4-7-16-11-3-6-15-12-5-8-18-14(11)12/h3,5-6,8-9H,2,4,7H2,1H3,(H,15,16). The normalized spacial score (nSPS) is 11.0. The first-order valence-electron chi connectivity index (χ1n) is 6.36. The minimum Gasteiger partial charge on any atom is -0.383 e. The molecule has 0 atom stereocenters. The Morgan fingerprint density at radius 2 is 2.21 bits per heavy atom. The van der Waals surface area contributed by atoms with Gasteiger partial charge in [-0.2, -0.15) is 0 Å². The fourth-order valence-corrected chi connectivity index (χ4v) is 3.65. The molecule has 0 aliphatic rings. The smallest absolute Gasteiger partial charge is 0.0945 e. The monoisotopic (exact) mass is 289 g/mol. The Morgan fingerprint density at radius 1 is 1.26 bits per heavy atom. The molecule has 3 nitrogen and oxygen atoms in total. The number of pyridine rings is 1. The Morgan fingerprint density at radius 3 is 3.05 bits per heavy atom. The van der Waals surface area contributed by atoms with Crippen molar-refractivity contribution in [1.29, 1.82) is 0 Å². The van der Waals surface area contributed by atoms with Gasteiger partial charge in [-0.15, -0.1) is 22.7 Å². The first-order chi connectivity index (χ1) is 9.36. The van der Waals surface area contributed by atoms with E-state index in [2.05, 4.69) is 33.7 Å². The Hall–Kier alpha value is -1.46. The van der Waals surface area contributed by atoms with Gasteiger partial charge in [-0.05, 0) is 23.9 Å². The predicted molar refractivity (Wildman–Crippen MR) is 83.3 cm³/mol. The van der Waals surface area contributed by atoms with Gasteiger partial charge in [0, 0.05) is 30.2 Å². The average Bonchev–Trinajstić information content (AvgIpc) is 3.07. The molecule has 0 radical (unpaired) electrons. The van der Waals surface area contributed by atoms with Crippen LogP contribution in [0.25, 0.3) is 10.2 Å². The quantitative estimate of drug-likeness (QED) is 0.772. The van der Waals surface area contributed by atoms with Crippen LogP contribution in [-0.4, -0.2) is 16.5 Å². The van der Waals surface area contributed by atoms with Gasteiger partial charge in [-0.1, -0.05) is 6.92 Å². The van der Waals surface area contributed by atoms with Crippen LogP contribution in [0.1, 0.15) is 16.8 Å². The van der Waals surface area contributed by atoms with Gasteiger partial charge in [0.1, 0.15) is 0 Å². The summed E-state index contributed by atoms with van der Waals surface area (Å²) in [5.41, 5.74) is 2.24. The second kappa shape index (κ2) is 5.67. The van der Waals surface area contributed by atoms with Gasteiger partial charge in [0.2, 0.25) is 0 Å². The molecule has 0 saturated heterocycles. The van der Waals surface area contributed by atoms with E-state index in [4.69, 9.17) is 0 Å². The van der Waals surface area contributed by atoms with Crippen LogP contribution in [0.15, 0.2) is 29.9 Å². The lowest BCUT2D eigenvalue weighted by molar-refractivity contribution is 0.998. The van der Waals surface area contributed by atoms with E-state index >= 15 is 0 Å². The van der Waals surface area contributed by atoms with Crippen LogP contribution in [0.2, 0.25) is 0 Å². The fourth-order valence-electron chi connectivity index (χ4n) is 1.94. The van der Waals surface area contributed by atoms with Gasteiger partial charge >= 0.3 is 0 Å². The van der Waals surface area contributed by atoms with Gasteiger partial charge < -0.3 is 5.32 Å². The summed E-state index contributed by atoms with van der Waals surface area (Å²) in [7, 11) is 0. The summed E-state index contributed by atoms with van der Waals surface area (Å²) in [6.07, 6.45) is 5.89. The van der Waals surface area contributed by atoms with Crippen molar-refractivity contribution in [1.82, 2.24) is 9.97 Å². The highest BCUT2D eigenvalue weighted by atomic mass is 32.1. The zero-order valence-electron chi connectivity index (χ0n) is 10.7. The van der Waals surface area contributed by atoms with E-state index < -0.39 is 0 Å². The summed E-state index contributed by atoms with van der Waals surface area (Å²) >= 11 is 3.54. The number of anilines is 1. The molecule has 1 N–H and O–H groups in total. The van der Waals surface area contributed by atoms with Crippen molar-refractivity contribution in [3.05, 3.63) is 39.8 Å². The zero-order chi connectivity index (χ0) is 13.1. The summed E-state index contributed by atoms with van der Waals surface area (Å²) in [5.74, 6) is 0. The van der Waals surface area contributed by atoms with Crippen molar-refractivity contribution in [2.75, 3.05) is 11.9 Å². The summed E-state index contributed by atoms with van der Waals surface area (Å²) < 4.78 is 1.23. The molecule has 0 aliphatic heterocycles. The number of aryl methyl sites for hydroxylation is 1. The predicted octanol–water partition coefficient (Wildman–Crippen LogP) is 3.97. The molecule has 3 heterocycles. The molecule has 0 fully saturated rings. The summed E-state index contributed by atoms with van der Waals surface area (Å²) in [5, 5.41) is 6.78. The van der Waals surface area contributed by atoms with E-state index in [-0.39, 0.29) is 0 Å². The topological polar surface area (TPSA) is 37.8 Å². The van der Waals surface area contributed by atoms with Crippen LogP contribution >= 0.6 is 22.7 Å². The number of thiophene rings is 1. The van der Waals surface area contributed by atoms with E-state index in [1.54, 1.807) is 11.3 Å². The van der Waals surface area contributed by atoms with Gasteiger partial charge in [0.05, 0.1) is 20.9 Å². The molecule has 0 unspecified atom stereocenters. The number of hydrogen-bond donors (Lipinski definition) is 1. The Kier molecular flexibility index (Phi) is 3.75. The van der Waals surface area contributed by atoms with Crippen molar-refractivity contribution in [3.63, 3.8) is 0 Å². The van der Waals surface area contributed by atoms with Crippen molar-refractivity contribution < 1.29 is 0 Å². The molecule has 5 heteroatoms. The SMILES string of the molecule is CCc1cnc(CCNc2ccnc3ccsc23)s1. The average molecular weight is 289 g/mol. The second-order valence-electron chi connectivity index (χ2n) is 4.24. The minimum absolute atomic E-state index is 0.910. The zero-order valence-corrected chi connectivity index (χ0v) is 12.4. The fraction of sp³-hybridized carbons (Fsp3) is 0.286. The van der Waals surface area contributed by atoms with Crippen molar-refractivity contribution in [2.45, 2.75) is 19.8 Å². The second-order valence-corrected chi connectivity index (χ2v) is 6.36. The lowest BCUT2D eigenvalue weighted by Gasteiger charge is -2.05. The number of hydrogen-bond acceptors (Lipinski definition) is 5. The Bertz CT molecular complexity index is 672. The summed E-state index contributed by atoms with van der Waals surface area (Å²) in [6, 6.07) is 4.09. The number of nitrogens with zero attached hydrogens (tertiary/aromatic N) is 2. The Labute approximate surface area is 120 Å². The van der Waals surface area contributed by atoms with E-state index in [1.165, 1.54) is 20.3 Å². The Balaban J connectivity index is 1.64. The first kappa shape index (κ1) is 12.6. The molecule has 0 spiro atoms. The number of rotatable bonds is 5. The molecule has 3 rings (SSSR count). The van der Waals surface area contributed by atoms with E-state index in [9.17, 15) is 0 Å². The molecular formula is C14H15N3S2. The van der Waals surface area contributed by atoms with E-state index in [0.29, 0.717) is 0 Å². The van der Waals surface area contributed by atoms with Crippen LogP contribution in [0.5, 0.6) is 0 Å². The van der Waals surface area contributed by atoms with Crippen LogP contribution in [0.4, 0.5) is 5.69 Å². The molecule has 98 valence electrons. The van der Waals surface area contributed by atoms with Crippen molar-refractivity contribution in [2.24, 2.45) is 0 Å². The maximum Gasteiger partial charge on any atom is 0.0945 e. The van der Waals surface area contributed by atoms with E-state index in [1.807, 2.05) is 29.8 Å².